The number of aliphatic imine (C=N–C) groups is 1. The van der Waals surface area contributed by atoms with Gasteiger partial charge in [-0.25, -0.2) is 4.79 Å². The van der Waals surface area contributed by atoms with Gasteiger partial charge < -0.3 is 4.74 Å². The third kappa shape index (κ3) is 4.29. The van der Waals surface area contributed by atoms with Crippen molar-refractivity contribution in [3.63, 3.8) is 0 Å². The molecule has 0 aliphatic carbocycles. The molecular weight excluding hydrogens is 170 g/mol. The molecule has 0 rings (SSSR count). The van der Waals surface area contributed by atoms with Crippen LogP contribution in [0, 0.1) is 0 Å². The van der Waals surface area contributed by atoms with Crippen molar-refractivity contribution in [2.24, 2.45) is 4.99 Å². The topological polar surface area (TPSA) is 38.7 Å². The molecule has 0 aromatic carbocycles. The summed E-state index contributed by atoms with van der Waals surface area (Å²) in [5, 5.41) is 0. The lowest BCUT2D eigenvalue weighted by atomic mass is 10.7. The maximum atomic E-state index is 11.8. The van der Waals surface area contributed by atoms with E-state index in [0.29, 0.717) is 0 Å². The predicted octanol–water partition coefficient (Wildman–Crippen LogP) is 1.05. The van der Waals surface area contributed by atoms with E-state index in [1.807, 2.05) is 0 Å². The quantitative estimate of drug-likeness (QED) is 0.257. The fourth-order valence-electron chi connectivity index (χ4n) is 0.241. The fraction of sp³-hybridized carbons (Fsp3) is 0.500. The SMILES string of the molecule is COC(=O)/C(F)=N/C(F)(F)F. The van der Waals surface area contributed by atoms with Gasteiger partial charge in [0.1, 0.15) is 0 Å². The Balaban J connectivity index is 4.34. The summed E-state index contributed by atoms with van der Waals surface area (Å²) in [4.78, 5) is 11.4. The number of halogens is 4. The molecular formula is C4H3F4NO2. The molecule has 11 heavy (non-hydrogen) atoms. The van der Waals surface area contributed by atoms with E-state index in [1.54, 1.807) is 0 Å². The van der Waals surface area contributed by atoms with Crippen molar-refractivity contribution in [3.05, 3.63) is 0 Å². The van der Waals surface area contributed by atoms with Gasteiger partial charge in [0.05, 0.1) is 7.11 Å². The molecule has 0 aliphatic heterocycles. The Morgan fingerprint density at radius 2 is 1.91 bits per heavy atom. The third-order valence-electron chi connectivity index (χ3n) is 0.579. The van der Waals surface area contributed by atoms with Gasteiger partial charge >= 0.3 is 18.2 Å². The second-order valence-corrected chi connectivity index (χ2v) is 1.36. The summed E-state index contributed by atoms with van der Waals surface area (Å²) < 4.78 is 49.0. The van der Waals surface area contributed by atoms with E-state index in [-0.39, 0.29) is 0 Å². The molecule has 0 amide bonds. The van der Waals surface area contributed by atoms with Crippen molar-refractivity contribution in [1.82, 2.24) is 0 Å². The lowest BCUT2D eigenvalue weighted by Gasteiger charge is -1.97. The van der Waals surface area contributed by atoms with Crippen molar-refractivity contribution >= 4 is 11.9 Å². The third-order valence-corrected chi connectivity index (χ3v) is 0.579. The molecule has 0 heterocycles. The summed E-state index contributed by atoms with van der Waals surface area (Å²) in [7, 11) is 0.744. The molecule has 0 aromatic rings. The van der Waals surface area contributed by atoms with Gasteiger partial charge in [0.25, 0.3) is 0 Å². The maximum absolute atomic E-state index is 11.8. The van der Waals surface area contributed by atoms with Crippen molar-refractivity contribution in [3.8, 4) is 0 Å². The van der Waals surface area contributed by atoms with E-state index < -0.39 is 18.2 Å². The normalized spacial score (nSPS) is 13.0. The van der Waals surface area contributed by atoms with Gasteiger partial charge in [-0.2, -0.15) is 4.39 Å². The first-order valence-corrected chi connectivity index (χ1v) is 2.27. The number of alkyl halides is 3. The van der Waals surface area contributed by atoms with E-state index in [1.165, 1.54) is 4.99 Å². The molecule has 0 atom stereocenters. The Kier molecular flexibility index (Phi) is 2.97. The number of nitrogens with zero attached hydrogens (tertiary/aromatic N) is 1. The number of carbonyl (C=O) groups is 1. The zero-order valence-corrected chi connectivity index (χ0v) is 5.28. The van der Waals surface area contributed by atoms with Crippen molar-refractivity contribution in [2.45, 2.75) is 6.30 Å². The zero-order chi connectivity index (χ0) is 9.07. The second-order valence-electron chi connectivity index (χ2n) is 1.36. The van der Waals surface area contributed by atoms with Crippen LogP contribution < -0.4 is 0 Å². The summed E-state index contributed by atoms with van der Waals surface area (Å²) in [5.41, 5.74) is 0. The van der Waals surface area contributed by atoms with Crippen molar-refractivity contribution in [2.75, 3.05) is 7.11 Å². The predicted molar refractivity (Wildman–Crippen MR) is 26.6 cm³/mol. The van der Waals surface area contributed by atoms with Crippen LogP contribution in [0.25, 0.3) is 0 Å². The number of carbonyl (C=O) groups excluding carboxylic acids is 1. The number of rotatable bonds is 1. The highest BCUT2D eigenvalue weighted by Gasteiger charge is 2.29. The zero-order valence-electron chi connectivity index (χ0n) is 5.28. The minimum absolute atomic E-state index is 0.744. The van der Waals surface area contributed by atoms with E-state index in [9.17, 15) is 22.4 Å². The lowest BCUT2D eigenvalue weighted by Crippen LogP contribution is -2.15. The van der Waals surface area contributed by atoms with Crippen LogP contribution >= 0.6 is 0 Å². The van der Waals surface area contributed by atoms with Crippen LogP contribution in [0.15, 0.2) is 4.99 Å². The summed E-state index contributed by atoms with van der Waals surface area (Å²) in [6.07, 6.45) is -5.09. The van der Waals surface area contributed by atoms with Crippen LogP contribution in [-0.4, -0.2) is 25.3 Å². The smallest absolute Gasteiger partial charge is 0.463 e. The highest BCUT2D eigenvalue weighted by molar-refractivity contribution is 6.32. The molecule has 0 saturated heterocycles. The van der Waals surface area contributed by atoms with Crippen LogP contribution in [0.3, 0.4) is 0 Å². The first-order chi connectivity index (χ1) is 4.87. The van der Waals surface area contributed by atoms with Crippen molar-refractivity contribution < 1.29 is 27.1 Å². The second kappa shape index (κ2) is 3.31. The summed E-state index contributed by atoms with van der Waals surface area (Å²) in [6, 6.07) is 0. The van der Waals surface area contributed by atoms with Crippen LogP contribution in [0.1, 0.15) is 0 Å². The Bertz CT molecular complexity index is 185. The molecule has 64 valence electrons. The average Bonchev–Trinajstić information content (AvgIpc) is 1.82. The van der Waals surface area contributed by atoms with Gasteiger partial charge in [0, 0.05) is 0 Å². The highest BCUT2D eigenvalue weighted by atomic mass is 19.4. The number of hydrogen-bond acceptors (Lipinski definition) is 3. The molecule has 0 bridgehead atoms. The molecule has 0 unspecified atom stereocenters. The van der Waals surface area contributed by atoms with Crippen LogP contribution in [0.2, 0.25) is 0 Å². The van der Waals surface area contributed by atoms with Crippen LogP contribution in [0.5, 0.6) is 0 Å². The molecule has 7 heteroatoms. The molecule has 0 saturated carbocycles. The van der Waals surface area contributed by atoms with Crippen LogP contribution in [0.4, 0.5) is 17.6 Å². The van der Waals surface area contributed by atoms with Crippen LogP contribution in [-0.2, 0) is 9.53 Å². The Morgan fingerprint density at radius 3 is 2.18 bits per heavy atom. The number of methoxy groups -OCH3 is 1. The van der Waals surface area contributed by atoms with Gasteiger partial charge in [-0.1, -0.05) is 0 Å². The van der Waals surface area contributed by atoms with Gasteiger partial charge in [0.15, 0.2) is 0 Å². The molecule has 3 nitrogen and oxygen atoms in total. The Morgan fingerprint density at radius 1 is 1.45 bits per heavy atom. The molecule has 0 spiro atoms. The summed E-state index contributed by atoms with van der Waals surface area (Å²) in [6.45, 7) is 0. The van der Waals surface area contributed by atoms with Gasteiger partial charge in [-0.3, -0.25) is 0 Å². The minimum Gasteiger partial charge on any atom is -0.463 e. The lowest BCUT2D eigenvalue weighted by molar-refractivity contribution is -0.136. The first-order valence-electron chi connectivity index (χ1n) is 2.27. The van der Waals surface area contributed by atoms with E-state index in [4.69, 9.17) is 0 Å². The molecule has 0 aliphatic rings. The molecule has 0 fully saturated rings. The standard InChI is InChI=1S/C4H3F4NO2/c1-11-3(10)2(5)9-4(6,7)8/h1H3/b9-2-. The monoisotopic (exact) mass is 173 g/mol. The Hall–Kier alpha value is -1.14. The fourth-order valence-corrected chi connectivity index (χ4v) is 0.241. The Labute approximate surface area is 58.7 Å². The van der Waals surface area contributed by atoms with Gasteiger partial charge in [0.2, 0.25) is 0 Å². The summed E-state index contributed by atoms with van der Waals surface area (Å²) >= 11 is 0. The van der Waals surface area contributed by atoms with Gasteiger partial charge in [-0.15, -0.1) is 18.2 Å². The minimum atomic E-state index is -5.09. The maximum Gasteiger partial charge on any atom is 0.505 e. The van der Waals surface area contributed by atoms with E-state index in [2.05, 4.69) is 4.74 Å². The molecule has 0 N–H and O–H groups in total. The molecule has 0 aromatic heterocycles. The largest absolute Gasteiger partial charge is 0.505 e. The number of hydrogen-bond donors (Lipinski definition) is 0. The summed E-state index contributed by atoms with van der Waals surface area (Å²) in [5.74, 6) is -3.96. The highest BCUT2D eigenvalue weighted by Crippen LogP contribution is 2.16. The number of ether oxygens (including phenoxy) is 1. The van der Waals surface area contributed by atoms with E-state index in [0.717, 1.165) is 7.11 Å². The first kappa shape index (κ1) is 9.86. The van der Waals surface area contributed by atoms with Crippen molar-refractivity contribution in [1.29, 1.82) is 0 Å². The molecule has 0 radical (unpaired) electrons. The number of esters is 1. The van der Waals surface area contributed by atoms with E-state index >= 15 is 0 Å². The van der Waals surface area contributed by atoms with Gasteiger partial charge in [-0.05, 0) is 0 Å². The average molecular weight is 173 g/mol.